The third kappa shape index (κ3) is 4.94. The largest absolute Gasteiger partial charge is 0.497 e. The number of aliphatic hydroxyl groups is 1. The Morgan fingerprint density at radius 3 is 2.54 bits per heavy atom. The molecule has 2 rings (SSSR count). The van der Waals surface area contributed by atoms with Gasteiger partial charge < -0.3 is 14.6 Å². The van der Waals surface area contributed by atoms with Crippen molar-refractivity contribution in [3.63, 3.8) is 0 Å². The van der Waals surface area contributed by atoms with Crippen LogP contribution in [0.1, 0.15) is 50.5 Å². The van der Waals surface area contributed by atoms with E-state index in [0.717, 1.165) is 25.7 Å². The zero-order valence-corrected chi connectivity index (χ0v) is 15.3. The molecule has 0 spiro atoms. The van der Waals surface area contributed by atoms with Gasteiger partial charge >= 0.3 is 5.97 Å². The van der Waals surface area contributed by atoms with Crippen molar-refractivity contribution in [2.75, 3.05) is 13.7 Å². The lowest BCUT2D eigenvalue weighted by molar-refractivity contribution is -0.484. The predicted molar refractivity (Wildman–Crippen MR) is 95.7 cm³/mol. The van der Waals surface area contributed by atoms with Gasteiger partial charge in [0.25, 0.3) is 0 Å². The smallest absolute Gasteiger partial charge is 0.312 e. The summed E-state index contributed by atoms with van der Waals surface area (Å²) < 4.78 is 10.5. The van der Waals surface area contributed by atoms with Gasteiger partial charge in [0.2, 0.25) is 6.54 Å². The highest BCUT2D eigenvalue weighted by molar-refractivity contribution is 5.77. The van der Waals surface area contributed by atoms with E-state index in [1.807, 2.05) is 0 Å². The number of ether oxygens (including phenoxy) is 2. The van der Waals surface area contributed by atoms with Crippen LogP contribution in [0.15, 0.2) is 24.3 Å². The number of nitrogens with zero attached hydrogens (tertiary/aromatic N) is 1. The van der Waals surface area contributed by atoms with Gasteiger partial charge in [0.15, 0.2) is 0 Å². The number of carbonyl (C=O) groups is 1. The molecule has 26 heavy (non-hydrogen) atoms. The van der Waals surface area contributed by atoms with E-state index < -0.39 is 41.5 Å². The molecule has 7 heteroatoms. The van der Waals surface area contributed by atoms with Gasteiger partial charge in [0.05, 0.1) is 18.9 Å². The van der Waals surface area contributed by atoms with Gasteiger partial charge in [0, 0.05) is 4.92 Å². The molecule has 7 nitrogen and oxygen atoms in total. The molecule has 1 aromatic rings. The Bertz CT molecular complexity index is 603. The number of unbranched alkanes of at least 4 members (excludes halogenated alkanes) is 3. The van der Waals surface area contributed by atoms with Crippen molar-refractivity contribution in [3.05, 3.63) is 39.9 Å². The zero-order valence-electron chi connectivity index (χ0n) is 15.3. The number of methoxy groups -OCH3 is 1. The van der Waals surface area contributed by atoms with E-state index >= 15 is 0 Å². The Morgan fingerprint density at radius 1 is 1.27 bits per heavy atom. The van der Waals surface area contributed by atoms with Crippen LogP contribution >= 0.6 is 0 Å². The van der Waals surface area contributed by atoms with Crippen LogP contribution in [0.5, 0.6) is 5.75 Å². The van der Waals surface area contributed by atoms with Crippen LogP contribution in [-0.2, 0) is 9.53 Å². The zero-order chi connectivity index (χ0) is 19.1. The van der Waals surface area contributed by atoms with Gasteiger partial charge in [-0.15, -0.1) is 0 Å². The molecule has 0 aliphatic carbocycles. The van der Waals surface area contributed by atoms with Gasteiger partial charge in [-0.3, -0.25) is 14.9 Å². The number of hydrogen-bond donors (Lipinski definition) is 1. The van der Waals surface area contributed by atoms with E-state index in [4.69, 9.17) is 9.47 Å². The van der Waals surface area contributed by atoms with Crippen LogP contribution in [0, 0.1) is 16.0 Å². The number of hydrogen-bond acceptors (Lipinski definition) is 6. The molecule has 0 saturated carbocycles. The highest BCUT2D eigenvalue weighted by atomic mass is 16.6. The fourth-order valence-corrected chi connectivity index (χ4v) is 3.51. The van der Waals surface area contributed by atoms with Crippen molar-refractivity contribution in [3.8, 4) is 5.75 Å². The molecule has 0 radical (unpaired) electrons. The minimum atomic E-state index is -1.03. The summed E-state index contributed by atoms with van der Waals surface area (Å²) in [4.78, 5) is 23.1. The fourth-order valence-electron chi connectivity index (χ4n) is 3.51. The second-order valence-electron chi connectivity index (χ2n) is 6.74. The van der Waals surface area contributed by atoms with E-state index in [1.165, 1.54) is 7.11 Å². The first-order valence-electron chi connectivity index (χ1n) is 9.12. The van der Waals surface area contributed by atoms with Gasteiger partial charge in [0.1, 0.15) is 18.0 Å². The van der Waals surface area contributed by atoms with Crippen molar-refractivity contribution in [1.82, 2.24) is 0 Å². The molecule has 1 fully saturated rings. The maximum absolute atomic E-state index is 12.4. The number of nitro groups is 1. The summed E-state index contributed by atoms with van der Waals surface area (Å²) in [5, 5.41) is 21.8. The Labute approximate surface area is 153 Å². The minimum Gasteiger partial charge on any atom is -0.497 e. The maximum Gasteiger partial charge on any atom is 0.312 e. The lowest BCUT2D eigenvalue weighted by atomic mass is 9.81. The van der Waals surface area contributed by atoms with Crippen LogP contribution in [0.3, 0.4) is 0 Å². The Balaban J connectivity index is 2.15. The summed E-state index contributed by atoms with van der Waals surface area (Å²) in [5.74, 6) is -1.60. The highest BCUT2D eigenvalue weighted by Gasteiger charge is 2.49. The summed E-state index contributed by atoms with van der Waals surface area (Å²) in [7, 11) is 1.53. The van der Waals surface area contributed by atoms with Gasteiger partial charge in [-0.05, 0) is 30.5 Å². The molecule has 1 saturated heterocycles. The molecule has 144 valence electrons. The summed E-state index contributed by atoms with van der Waals surface area (Å²) in [6, 6.07) is 6.78. The van der Waals surface area contributed by atoms with Crippen molar-refractivity contribution in [1.29, 1.82) is 0 Å². The molecular formula is C19H27NO6. The van der Waals surface area contributed by atoms with E-state index in [1.54, 1.807) is 24.3 Å². The molecular weight excluding hydrogens is 338 g/mol. The van der Waals surface area contributed by atoms with Crippen molar-refractivity contribution in [2.24, 2.45) is 5.92 Å². The van der Waals surface area contributed by atoms with Crippen LogP contribution in [0.4, 0.5) is 0 Å². The number of aliphatic hydroxyl groups excluding tert-OH is 1. The van der Waals surface area contributed by atoms with Crippen LogP contribution < -0.4 is 4.74 Å². The second kappa shape index (κ2) is 9.52. The van der Waals surface area contributed by atoms with E-state index in [9.17, 15) is 20.0 Å². The van der Waals surface area contributed by atoms with Crippen molar-refractivity contribution >= 4 is 5.97 Å². The molecule has 1 aromatic carbocycles. The highest BCUT2D eigenvalue weighted by Crippen LogP contribution is 2.37. The Morgan fingerprint density at radius 2 is 1.96 bits per heavy atom. The normalized spacial score (nSPS) is 23.5. The second-order valence-corrected chi connectivity index (χ2v) is 6.74. The molecule has 0 bridgehead atoms. The lowest BCUT2D eigenvalue weighted by Crippen LogP contribution is -2.34. The molecule has 1 N–H and O–H groups in total. The number of rotatable bonds is 10. The van der Waals surface area contributed by atoms with Gasteiger partial charge in [-0.2, -0.15) is 0 Å². The lowest BCUT2D eigenvalue weighted by Gasteiger charge is -2.21. The maximum atomic E-state index is 12.4. The van der Waals surface area contributed by atoms with Gasteiger partial charge in [-0.1, -0.05) is 38.3 Å². The molecule has 1 aliphatic rings. The SMILES string of the molecule is CCCCCC[C@H]1OC(=O)[C@@H]([C@H](C[N+](=O)[O-])c2ccc(OC)cc2)[C@H]1O. The van der Waals surface area contributed by atoms with Crippen molar-refractivity contribution in [2.45, 2.75) is 57.2 Å². The summed E-state index contributed by atoms with van der Waals surface area (Å²) >= 11 is 0. The van der Waals surface area contributed by atoms with Gasteiger partial charge in [-0.25, -0.2) is 0 Å². The van der Waals surface area contributed by atoms with Crippen molar-refractivity contribution < 1.29 is 24.3 Å². The first-order valence-corrected chi connectivity index (χ1v) is 9.12. The quantitative estimate of drug-likeness (QED) is 0.296. The fraction of sp³-hybridized carbons (Fsp3) is 0.632. The van der Waals surface area contributed by atoms with E-state index in [0.29, 0.717) is 17.7 Å². The van der Waals surface area contributed by atoms with E-state index in [2.05, 4.69) is 6.92 Å². The Hall–Kier alpha value is -2.15. The third-order valence-corrected chi connectivity index (χ3v) is 4.95. The standard InChI is InChI=1S/C19H27NO6/c1-3-4-5-6-7-16-18(21)17(19(22)26-16)15(12-20(23)24)13-8-10-14(25-2)11-9-13/h8-11,15-18,21H,3-7,12H2,1-2H3/t15-,16-,17+,18+/m1/s1. The molecule has 4 atom stereocenters. The number of cyclic esters (lactones) is 1. The first kappa shape index (κ1) is 20.2. The third-order valence-electron chi connectivity index (χ3n) is 4.95. The first-order chi connectivity index (χ1) is 12.5. The summed E-state index contributed by atoms with van der Waals surface area (Å²) in [5.41, 5.74) is 0.620. The van der Waals surface area contributed by atoms with Crippen LogP contribution in [0.2, 0.25) is 0 Å². The molecule has 0 unspecified atom stereocenters. The minimum absolute atomic E-state index is 0.439. The van der Waals surface area contributed by atoms with E-state index in [-0.39, 0.29) is 0 Å². The molecule has 0 amide bonds. The number of carbonyl (C=O) groups excluding carboxylic acids is 1. The monoisotopic (exact) mass is 365 g/mol. The summed E-state index contributed by atoms with van der Waals surface area (Å²) in [6.07, 6.45) is 3.02. The molecule has 1 aliphatic heterocycles. The number of benzene rings is 1. The van der Waals surface area contributed by atoms with Crippen LogP contribution in [-0.4, -0.2) is 41.9 Å². The topological polar surface area (TPSA) is 98.9 Å². The average molecular weight is 365 g/mol. The molecule has 1 heterocycles. The number of esters is 1. The Kier molecular flexibility index (Phi) is 7.38. The molecule has 0 aromatic heterocycles. The van der Waals surface area contributed by atoms with Crippen LogP contribution in [0.25, 0.3) is 0 Å². The predicted octanol–water partition coefficient (Wildman–Crippen LogP) is 2.93. The summed E-state index contributed by atoms with van der Waals surface area (Å²) in [6.45, 7) is 1.67. The average Bonchev–Trinajstić information content (AvgIpc) is 2.90.